The van der Waals surface area contributed by atoms with Gasteiger partial charge in [0.1, 0.15) is 0 Å². The van der Waals surface area contributed by atoms with Crippen LogP contribution >= 0.6 is 0 Å². The summed E-state index contributed by atoms with van der Waals surface area (Å²) in [5.41, 5.74) is 0.0512. The van der Waals surface area contributed by atoms with E-state index in [9.17, 15) is 0 Å². The fraction of sp³-hybridized carbons (Fsp3) is 0.889. The monoisotopic (exact) mass is 156 g/mol. The third-order valence-corrected chi connectivity index (χ3v) is 1.30. The zero-order chi connectivity index (χ0) is 9.07. The lowest BCUT2D eigenvalue weighted by Crippen LogP contribution is -2.25. The molecular weight excluding hydrogens is 136 g/mol. The number of amidine groups is 1. The van der Waals surface area contributed by atoms with Gasteiger partial charge < -0.3 is 4.90 Å². The van der Waals surface area contributed by atoms with Gasteiger partial charge in [0.25, 0.3) is 0 Å². The molecule has 0 aliphatic rings. The second kappa shape index (κ2) is 3.74. The summed E-state index contributed by atoms with van der Waals surface area (Å²) in [4.78, 5) is 6.64. The van der Waals surface area contributed by atoms with Crippen LogP contribution < -0.4 is 0 Å². The van der Waals surface area contributed by atoms with E-state index in [1.54, 1.807) is 0 Å². The quantitative estimate of drug-likeness (QED) is 0.419. The lowest BCUT2D eigenvalue weighted by atomic mass is 10.1. The molecule has 11 heavy (non-hydrogen) atoms. The highest BCUT2D eigenvalue weighted by Gasteiger charge is 2.09. The predicted molar refractivity (Wildman–Crippen MR) is 51.2 cm³/mol. The summed E-state index contributed by atoms with van der Waals surface area (Å²) >= 11 is 0. The maximum atomic E-state index is 4.57. The Labute approximate surface area is 70.3 Å². The Hall–Kier alpha value is -0.530. The van der Waals surface area contributed by atoms with Gasteiger partial charge in [-0.3, -0.25) is 4.99 Å². The summed E-state index contributed by atoms with van der Waals surface area (Å²) in [5.74, 6) is 1.16. The molecule has 2 heteroatoms. The molecular formula is C9H20N2. The predicted octanol–water partition coefficient (Wildman–Crippen LogP) is 2.16. The smallest absolute Gasteiger partial charge is 0.0987 e. The first-order valence-corrected chi connectivity index (χ1v) is 4.13. The minimum Gasteiger partial charge on any atom is -0.366 e. The summed E-state index contributed by atoms with van der Waals surface area (Å²) in [7, 11) is 4.07. The average Bonchev–Trinajstić information content (AvgIpc) is 1.80. The average molecular weight is 156 g/mol. The van der Waals surface area contributed by atoms with Gasteiger partial charge in [0.15, 0.2) is 0 Å². The van der Waals surface area contributed by atoms with Crippen molar-refractivity contribution in [1.29, 1.82) is 0 Å². The topological polar surface area (TPSA) is 15.6 Å². The molecule has 0 spiro atoms. The van der Waals surface area contributed by atoms with Crippen molar-refractivity contribution in [3.8, 4) is 0 Å². The largest absolute Gasteiger partial charge is 0.366 e. The van der Waals surface area contributed by atoms with E-state index < -0.39 is 0 Å². The first-order chi connectivity index (χ1) is 4.87. The Morgan fingerprint density at radius 1 is 1.27 bits per heavy atom. The summed E-state index contributed by atoms with van der Waals surface area (Å²) in [6.45, 7) is 8.48. The van der Waals surface area contributed by atoms with Crippen LogP contribution in [0.25, 0.3) is 0 Å². The van der Waals surface area contributed by atoms with Crippen molar-refractivity contribution >= 4 is 5.84 Å². The van der Waals surface area contributed by atoms with E-state index in [1.165, 1.54) is 0 Å². The minimum absolute atomic E-state index is 0.0512. The van der Waals surface area contributed by atoms with Gasteiger partial charge >= 0.3 is 0 Å². The summed E-state index contributed by atoms with van der Waals surface area (Å²) in [5, 5.41) is 0. The summed E-state index contributed by atoms with van der Waals surface area (Å²) < 4.78 is 0. The molecule has 0 fully saturated rings. The lowest BCUT2D eigenvalue weighted by Gasteiger charge is -2.20. The molecule has 0 aliphatic carbocycles. The van der Waals surface area contributed by atoms with Gasteiger partial charge in [-0.15, -0.1) is 0 Å². The van der Waals surface area contributed by atoms with E-state index in [2.05, 4.69) is 37.6 Å². The molecule has 0 aromatic heterocycles. The van der Waals surface area contributed by atoms with Crippen molar-refractivity contribution in [3.63, 3.8) is 0 Å². The molecule has 0 aliphatic heterocycles. The van der Waals surface area contributed by atoms with Crippen molar-refractivity contribution in [2.24, 2.45) is 4.99 Å². The van der Waals surface area contributed by atoms with E-state index in [-0.39, 0.29) is 5.54 Å². The molecule has 0 atom stereocenters. The first-order valence-electron chi connectivity index (χ1n) is 4.13. The Morgan fingerprint density at radius 3 is 1.82 bits per heavy atom. The van der Waals surface area contributed by atoms with Crippen molar-refractivity contribution in [3.05, 3.63) is 0 Å². The number of aliphatic imine (C=N–C) groups is 1. The number of hydrogen-bond donors (Lipinski definition) is 0. The third-order valence-electron chi connectivity index (χ3n) is 1.30. The second-order valence-electron chi connectivity index (χ2n) is 3.95. The molecule has 0 saturated carbocycles. The van der Waals surface area contributed by atoms with Crippen LogP contribution in [0.3, 0.4) is 0 Å². The number of rotatable bonds is 1. The molecule has 66 valence electrons. The van der Waals surface area contributed by atoms with Gasteiger partial charge in [-0.1, -0.05) is 6.92 Å². The van der Waals surface area contributed by atoms with Crippen molar-refractivity contribution in [1.82, 2.24) is 4.90 Å². The maximum Gasteiger partial charge on any atom is 0.0987 e. The fourth-order valence-electron chi connectivity index (χ4n) is 0.882. The summed E-state index contributed by atoms with van der Waals surface area (Å²) in [6.07, 6.45) is 1.00. The van der Waals surface area contributed by atoms with Gasteiger partial charge in [-0.25, -0.2) is 0 Å². The van der Waals surface area contributed by atoms with Gasteiger partial charge in [-0.05, 0) is 20.8 Å². The minimum atomic E-state index is 0.0512. The zero-order valence-electron chi connectivity index (χ0n) is 8.60. The first kappa shape index (κ1) is 10.5. The van der Waals surface area contributed by atoms with Crippen molar-refractivity contribution < 1.29 is 0 Å². The fourth-order valence-corrected chi connectivity index (χ4v) is 0.882. The Morgan fingerprint density at radius 2 is 1.73 bits per heavy atom. The highest BCUT2D eigenvalue weighted by molar-refractivity contribution is 5.81. The van der Waals surface area contributed by atoms with Gasteiger partial charge in [0, 0.05) is 20.5 Å². The molecule has 0 N–H and O–H groups in total. The van der Waals surface area contributed by atoms with Crippen LogP contribution in [0.1, 0.15) is 34.1 Å². The highest BCUT2D eigenvalue weighted by Crippen LogP contribution is 2.08. The SMILES string of the molecule is CCC(=NC(C)(C)C)N(C)C. The van der Waals surface area contributed by atoms with Crippen LogP contribution in [0.2, 0.25) is 0 Å². The molecule has 0 unspecified atom stereocenters. The van der Waals surface area contributed by atoms with E-state index >= 15 is 0 Å². The standard InChI is InChI=1S/C9H20N2/c1-7-8(11(5)6)10-9(2,3)4/h7H2,1-6H3. The Bertz CT molecular complexity index is 140. The van der Waals surface area contributed by atoms with E-state index in [4.69, 9.17) is 0 Å². The van der Waals surface area contributed by atoms with E-state index in [1.807, 2.05) is 14.1 Å². The van der Waals surface area contributed by atoms with Crippen LogP contribution in [0.4, 0.5) is 0 Å². The Balaban J connectivity index is 4.36. The molecule has 0 rings (SSSR count). The van der Waals surface area contributed by atoms with Crippen LogP contribution in [-0.2, 0) is 0 Å². The van der Waals surface area contributed by atoms with Crippen molar-refractivity contribution in [2.75, 3.05) is 14.1 Å². The molecule has 0 aromatic rings. The Kier molecular flexibility index (Phi) is 3.56. The molecule has 0 amide bonds. The molecule has 0 aromatic carbocycles. The summed E-state index contributed by atoms with van der Waals surface area (Å²) in [6, 6.07) is 0. The van der Waals surface area contributed by atoms with Gasteiger partial charge in [0.05, 0.1) is 11.4 Å². The third kappa shape index (κ3) is 4.82. The number of nitrogens with zero attached hydrogens (tertiary/aromatic N) is 2. The molecule has 2 nitrogen and oxygen atoms in total. The highest BCUT2D eigenvalue weighted by atomic mass is 15.1. The molecule has 0 bridgehead atoms. The maximum absolute atomic E-state index is 4.57. The van der Waals surface area contributed by atoms with E-state index in [0.717, 1.165) is 12.3 Å². The van der Waals surface area contributed by atoms with Gasteiger partial charge in [-0.2, -0.15) is 0 Å². The van der Waals surface area contributed by atoms with Crippen LogP contribution in [-0.4, -0.2) is 30.4 Å². The lowest BCUT2D eigenvalue weighted by molar-refractivity contribution is 0.539. The molecule has 0 radical (unpaired) electrons. The van der Waals surface area contributed by atoms with Crippen LogP contribution in [0, 0.1) is 0 Å². The second-order valence-corrected chi connectivity index (χ2v) is 3.95. The van der Waals surface area contributed by atoms with Gasteiger partial charge in [0.2, 0.25) is 0 Å². The van der Waals surface area contributed by atoms with Crippen LogP contribution in [0.15, 0.2) is 4.99 Å². The zero-order valence-corrected chi connectivity index (χ0v) is 8.60. The number of hydrogen-bond acceptors (Lipinski definition) is 1. The van der Waals surface area contributed by atoms with E-state index in [0.29, 0.717) is 0 Å². The van der Waals surface area contributed by atoms with Crippen LogP contribution in [0.5, 0.6) is 0 Å². The van der Waals surface area contributed by atoms with Crippen molar-refractivity contribution in [2.45, 2.75) is 39.7 Å². The normalized spacial score (nSPS) is 13.5. The molecule has 0 heterocycles. The molecule has 0 saturated heterocycles.